The van der Waals surface area contributed by atoms with Crippen LogP contribution in [0.3, 0.4) is 0 Å². The Morgan fingerprint density at radius 3 is 2.87 bits per heavy atom. The van der Waals surface area contributed by atoms with Gasteiger partial charge < -0.3 is 10.6 Å². The predicted octanol–water partition coefficient (Wildman–Crippen LogP) is 2.08. The van der Waals surface area contributed by atoms with Crippen molar-refractivity contribution in [3.63, 3.8) is 0 Å². The van der Waals surface area contributed by atoms with Crippen LogP contribution in [0.5, 0.6) is 0 Å². The summed E-state index contributed by atoms with van der Waals surface area (Å²) in [5, 5.41) is 0. The molecule has 3 nitrogen and oxygen atoms in total. The van der Waals surface area contributed by atoms with E-state index in [1.54, 1.807) is 0 Å². The van der Waals surface area contributed by atoms with Crippen LogP contribution >= 0.6 is 15.9 Å². The number of hydrogen-bond donors (Lipinski definition) is 1. The second-order valence-corrected chi connectivity index (χ2v) is 4.89. The summed E-state index contributed by atoms with van der Waals surface area (Å²) < 4.78 is 1.07. The largest absolute Gasteiger partial charge is 0.351 e. The Morgan fingerprint density at radius 1 is 1.60 bits per heavy atom. The standard InChI is InChI=1S/C11H16BrN3/c1-8-6-10(12)11(14-7-8)15(5-4-13)9-2-3-9/h6-7,9H,2-5,13H2,1H3. The minimum absolute atomic E-state index is 0.653. The van der Waals surface area contributed by atoms with Gasteiger partial charge in [0.15, 0.2) is 0 Å². The van der Waals surface area contributed by atoms with Crippen LogP contribution in [0.1, 0.15) is 18.4 Å². The Hall–Kier alpha value is -0.610. The summed E-state index contributed by atoms with van der Waals surface area (Å²) in [7, 11) is 0. The molecule has 15 heavy (non-hydrogen) atoms. The lowest BCUT2D eigenvalue weighted by Gasteiger charge is -2.23. The number of pyridine rings is 1. The molecule has 1 aromatic heterocycles. The molecule has 4 heteroatoms. The van der Waals surface area contributed by atoms with E-state index < -0.39 is 0 Å². The first kappa shape index (κ1) is 10.9. The number of anilines is 1. The minimum Gasteiger partial charge on any atom is -0.351 e. The molecule has 1 saturated carbocycles. The molecule has 0 aliphatic heterocycles. The van der Waals surface area contributed by atoms with Crippen molar-refractivity contribution in [3.05, 3.63) is 22.3 Å². The van der Waals surface area contributed by atoms with Crippen molar-refractivity contribution in [3.8, 4) is 0 Å². The van der Waals surface area contributed by atoms with E-state index in [2.05, 4.69) is 31.9 Å². The van der Waals surface area contributed by atoms with Gasteiger partial charge in [-0.15, -0.1) is 0 Å². The maximum atomic E-state index is 5.63. The summed E-state index contributed by atoms with van der Waals surface area (Å²) in [6.45, 7) is 3.61. The zero-order valence-corrected chi connectivity index (χ0v) is 10.5. The Kier molecular flexibility index (Phi) is 3.26. The van der Waals surface area contributed by atoms with Gasteiger partial charge in [0, 0.05) is 25.3 Å². The monoisotopic (exact) mass is 269 g/mol. The van der Waals surface area contributed by atoms with Crippen molar-refractivity contribution >= 4 is 21.7 Å². The predicted molar refractivity (Wildman–Crippen MR) is 66.1 cm³/mol. The van der Waals surface area contributed by atoms with Gasteiger partial charge in [0.05, 0.1) is 4.47 Å². The van der Waals surface area contributed by atoms with Gasteiger partial charge in [-0.25, -0.2) is 4.98 Å². The van der Waals surface area contributed by atoms with E-state index in [9.17, 15) is 0 Å². The first-order valence-electron chi connectivity index (χ1n) is 5.31. The third-order valence-electron chi connectivity index (χ3n) is 2.59. The third kappa shape index (κ3) is 2.49. The van der Waals surface area contributed by atoms with Crippen LogP contribution in [0.4, 0.5) is 5.82 Å². The van der Waals surface area contributed by atoms with Gasteiger partial charge in [0.25, 0.3) is 0 Å². The van der Waals surface area contributed by atoms with Crippen molar-refractivity contribution in [2.45, 2.75) is 25.8 Å². The van der Waals surface area contributed by atoms with Crippen molar-refractivity contribution in [1.82, 2.24) is 4.98 Å². The summed E-state index contributed by atoms with van der Waals surface area (Å²) in [6, 6.07) is 2.76. The quantitative estimate of drug-likeness (QED) is 0.910. The molecule has 2 N–H and O–H groups in total. The molecule has 0 atom stereocenters. The molecule has 1 aliphatic rings. The fourth-order valence-corrected chi connectivity index (χ4v) is 2.42. The molecule has 0 radical (unpaired) electrons. The molecular formula is C11H16BrN3. The summed E-state index contributed by atoms with van der Waals surface area (Å²) in [6.07, 6.45) is 4.44. The van der Waals surface area contributed by atoms with Gasteiger partial charge in [-0.05, 0) is 47.3 Å². The maximum Gasteiger partial charge on any atom is 0.143 e. The highest BCUT2D eigenvalue weighted by atomic mass is 79.9. The lowest BCUT2D eigenvalue weighted by Crippen LogP contribution is -2.32. The van der Waals surface area contributed by atoms with Crippen LogP contribution in [0.25, 0.3) is 0 Å². The Labute approximate surface area is 98.8 Å². The zero-order valence-electron chi connectivity index (χ0n) is 8.91. The van der Waals surface area contributed by atoms with E-state index in [-0.39, 0.29) is 0 Å². The molecule has 1 fully saturated rings. The van der Waals surface area contributed by atoms with Crippen LogP contribution < -0.4 is 10.6 Å². The molecule has 0 saturated heterocycles. The fraction of sp³-hybridized carbons (Fsp3) is 0.545. The van der Waals surface area contributed by atoms with Gasteiger partial charge in [0.1, 0.15) is 5.82 Å². The van der Waals surface area contributed by atoms with Crippen LogP contribution in [0, 0.1) is 6.92 Å². The number of aryl methyl sites for hydroxylation is 1. The molecule has 0 spiro atoms. The summed E-state index contributed by atoms with van der Waals surface area (Å²) in [5.41, 5.74) is 6.80. The molecule has 0 aromatic carbocycles. The van der Waals surface area contributed by atoms with Crippen molar-refractivity contribution in [2.75, 3.05) is 18.0 Å². The molecule has 0 bridgehead atoms. The van der Waals surface area contributed by atoms with Crippen molar-refractivity contribution in [1.29, 1.82) is 0 Å². The van der Waals surface area contributed by atoms with Gasteiger partial charge >= 0.3 is 0 Å². The minimum atomic E-state index is 0.653. The molecule has 82 valence electrons. The molecular weight excluding hydrogens is 254 g/mol. The Morgan fingerprint density at radius 2 is 2.33 bits per heavy atom. The van der Waals surface area contributed by atoms with Crippen LogP contribution in [-0.4, -0.2) is 24.1 Å². The van der Waals surface area contributed by atoms with E-state index in [0.717, 1.165) is 16.8 Å². The number of nitrogens with two attached hydrogens (primary N) is 1. The van der Waals surface area contributed by atoms with Crippen LogP contribution in [-0.2, 0) is 0 Å². The average molecular weight is 270 g/mol. The fourth-order valence-electron chi connectivity index (χ4n) is 1.72. The molecule has 0 amide bonds. The Balaban J connectivity index is 2.24. The van der Waals surface area contributed by atoms with Crippen LogP contribution in [0.15, 0.2) is 16.7 Å². The van der Waals surface area contributed by atoms with Gasteiger partial charge in [-0.2, -0.15) is 0 Å². The highest BCUT2D eigenvalue weighted by molar-refractivity contribution is 9.10. The average Bonchev–Trinajstić information content (AvgIpc) is 2.98. The topological polar surface area (TPSA) is 42.2 Å². The van der Waals surface area contributed by atoms with E-state index in [4.69, 9.17) is 5.73 Å². The zero-order chi connectivity index (χ0) is 10.8. The molecule has 2 rings (SSSR count). The highest BCUT2D eigenvalue weighted by Gasteiger charge is 2.30. The third-order valence-corrected chi connectivity index (χ3v) is 3.17. The van der Waals surface area contributed by atoms with Gasteiger partial charge in [-0.3, -0.25) is 0 Å². The SMILES string of the molecule is Cc1cnc(N(CCN)C2CC2)c(Br)c1. The molecule has 1 heterocycles. The maximum absolute atomic E-state index is 5.63. The highest BCUT2D eigenvalue weighted by Crippen LogP contribution is 2.34. The molecule has 0 unspecified atom stereocenters. The Bertz CT molecular complexity index is 350. The normalized spacial score (nSPS) is 15.4. The lowest BCUT2D eigenvalue weighted by atomic mass is 10.3. The smallest absolute Gasteiger partial charge is 0.143 e. The first-order chi connectivity index (χ1) is 7.22. The lowest BCUT2D eigenvalue weighted by molar-refractivity contribution is 0.768. The van der Waals surface area contributed by atoms with E-state index in [1.165, 1.54) is 18.4 Å². The van der Waals surface area contributed by atoms with Crippen LogP contribution in [0.2, 0.25) is 0 Å². The second kappa shape index (κ2) is 4.49. The number of hydrogen-bond acceptors (Lipinski definition) is 3. The molecule has 1 aliphatic carbocycles. The number of nitrogens with zero attached hydrogens (tertiary/aromatic N) is 2. The van der Waals surface area contributed by atoms with E-state index in [1.807, 2.05) is 13.1 Å². The van der Waals surface area contributed by atoms with Gasteiger partial charge in [0.2, 0.25) is 0 Å². The first-order valence-corrected chi connectivity index (χ1v) is 6.10. The summed E-state index contributed by atoms with van der Waals surface area (Å²) >= 11 is 3.57. The molecule has 1 aromatic rings. The summed E-state index contributed by atoms with van der Waals surface area (Å²) in [4.78, 5) is 6.79. The summed E-state index contributed by atoms with van der Waals surface area (Å²) in [5.74, 6) is 1.04. The number of halogens is 1. The second-order valence-electron chi connectivity index (χ2n) is 4.03. The van der Waals surface area contributed by atoms with E-state index >= 15 is 0 Å². The number of aromatic nitrogens is 1. The van der Waals surface area contributed by atoms with Crippen molar-refractivity contribution in [2.24, 2.45) is 5.73 Å². The number of rotatable bonds is 4. The van der Waals surface area contributed by atoms with Crippen molar-refractivity contribution < 1.29 is 0 Å². The van der Waals surface area contributed by atoms with Gasteiger partial charge in [-0.1, -0.05) is 0 Å². The van der Waals surface area contributed by atoms with E-state index in [0.29, 0.717) is 12.6 Å².